The molecular weight excluding hydrogens is 176 g/mol. The Balaban J connectivity index is 1.90. The molecule has 2 amide bonds. The van der Waals surface area contributed by atoms with Gasteiger partial charge in [-0.2, -0.15) is 0 Å². The molecule has 0 aromatic heterocycles. The van der Waals surface area contributed by atoms with E-state index in [1.165, 1.54) is 6.92 Å². The van der Waals surface area contributed by atoms with Crippen molar-refractivity contribution in [1.29, 1.82) is 0 Å². The number of hydrogen-bond donors (Lipinski definition) is 1. The highest BCUT2D eigenvalue weighted by Crippen LogP contribution is 2.38. The van der Waals surface area contributed by atoms with E-state index >= 15 is 0 Å². The van der Waals surface area contributed by atoms with E-state index in [0.717, 1.165) is 0 Å². The summed E-state index contributed by atoms with van der Waals surface area (Å²) in [4.78, 5) is 23.4. The fourth-order valence-corrected chi connectivity index (χ4v) is 2.93. The Bertz CT molecular complexity index is 244. The zero-order valence-corrected chi connectivity index (χ0v) is 7.56. The highest BCUT2D eigenvalue weighted by atomic mass is 32.2. The van der Waals surface area contributed by atoms with Gasteiger partial charge in [-0.1, -0.05) is 0 Å². The summed E-state index contributed by atoms with van der Waals surface area (Å²) in [5, 5.41) is 3.23. The summed E-state index contributed by atoms with van der Waals surface area (Å²) >= 11 is 1.67. The van der Waals surface area contributed by atoms with Crippen molar-refractivity contribution in [3.8, 4) is 0 Å². The summed E-state index contributed by atoms with van der Waals surface area (Å²) in [5.41, 5.74) is 0. The van der Waals surface area contributed by atoms with Gasteiger partial charge in [-0.25, -0.2) is 0 Å². The number of carbonyl (C=O) groups is 2. The van der Waals surface area contributed by atoms with Crippen molar-refractivity contribution in [3.05, 3.63) is 0 Å². The number of nitrogens with zero attached hydrogens (tertiary/aromatic N) is 1. The van der Waals surface area contributed by atoms with Gasteiger partial charge < -0.3 is 10.2 Å². The quantitative estimate of drug-likeness (QED) is 0.575. The van der Waals surface area contributed by atoms with E-state index in [9.17, 15) is 9.59 Å². The molecule has 2 aliphatic rings. The van der Waals surface area contributed by atoms with E-state index < -0.39 is 0 Å². The maximum Gasteiger partial charge on any atom is 0.226 e. The molecule has 1 unspecified atom stereocenters. The van der Waals surface area contributed by atoms with Crippen LogP contribution in [0, 0.1) is 0 Å². The summed E-state index contributed by atoms with van der Waals surface area (Å²) < 4.78 is 0. The number of amides is 2. The monoisotopic (exact) mass is 186 g/mol. The Morgan fingerprint density at radius 1 is 1.75 bits per heavy atom. The molecule has 12 heavy (non-hydrogen) atoms. The number of fused-ring (bicyclic) bond motifs is 1. The van der Waals surface area contributed by atoms with Crippen LogP contribution in [0.1, 0.15) is 13.3 Å². The van der Waals surface area contributed by atoms with E-state index in [1.54, 1.807) is 11.8 Å². The third-order valence-corrected chi connectivity index (χ3v) is 3.40. The van der Waals surface area contributed by atoms with E-state index in [1.807, 2.05) is 4.90 Å². The largest absolute Gasteiger partial charge is 0.343 e. The van der Waals surface area contributed by atoms with Crippen LogP contribution in [0.2, 0.25) is 0 Å². The number of hydrogen-bond acceptors (Lipinski definition) is 3. The first-order valence-electron chi connectivity index (χ1n) is 3.89. The molecule has 0 radical (unpaired) electrons. The first kappa shape index (κ1) is 7.91. The Morgan fingerprint density at radius 3 is 3.00 bits per heavy atom. The summed E-state index contributed by atoms with van der Waals surface area (Å²) in [6.07, 6.45) is 0.640. The van der Waals surface area contributed by atoms with E-state index in [-0.39, 0.29) is 17.2 Å². The predicted octanol–water partition coefficient (Wildman–Crippen LogP) is -0.246. The van der Waals surface area contributed by atoms with Crippen LogP contribution in [0.4, 0.5) is 0 Å². The Labute approximate surface area is 74.7 Å². The number of rotatable bonds is 1. The number of carbonyl (C=O) groups excluding carboxylic acids is 2. The molecule has 66 valence electrons. The SMILES string of the molecule is CC(=O)NC1CN2C(=O)C[C@H]2S1. The number of β-lactam (4-membered cyclic amide) rings is 1. The maximum atomic E-state index is 10.9. The molecule has 0 spiro atoms. The zero-order valence-electron chi connectivity index (χ0n) is 6.74. The van der Waals surface area contributed by atoms with E-state index in [4.69, 9.17) is 0 Å². The smallest absolute Gasteiger partial charge is 0.226 e. The molecule has 0 saturated carbocycles. The van der Waals surface area contributed by atoms with Crippen LogP contribution in [0.15, 0.2) is 0 Å². The van der Waals surface area contributed by atoms with Crippen LogP contribution in [0.5, 0.6) is 0 Å². The molecule has 4 nitrogen and oxygen atoms in total. The van der Waals surface area contributed by atoms with Gasteiger partial charge in [-0.05, 0) is 0 Å². The summed E-state index contributed by atoms with van der Waals surface area (Å²) in [7, 11) is 0. The molecule has 5 heteroatoms. The molecule has 2 saturated heterocycles. The van der Waals surface area contributed by atoms with Gasteiger partial charge in [0.05, 0.1) is 23.7 Å². The van der Waals surface area contributed by atoms with Crippen LogP contribution < -0.4 is 5.32 Å². The first-order chi connectivity index (χ1) is 5.66. The fraction of sp³-hybridized carbons (Fsp3) is 0.714. The minimum absolute atomic E-state index is 0.0255. The number of nitrogens with one attached hydrogen (secondary N) is 1. The lowest BCUT2D eigenvalue weighted by molar-refractivity contribution is -0.140. The first-order valence-corrected chi connectivity index (χ1v) is 4.83. The Morgan fingerprint density at radius 2 is 2.50 bits per heavy atom. The lowest BCUT2D eigenvalue weighted by atomic mass is 10.2. The summed E-state index contributed by atoms with van der Waals surface area (Å²) in [6, 6.07) is 0. The molecular formula is C7H10N2O2S. The molecule has 2 fully saturated rings. The highest BCUT2D eigenvalue weighted by Gasteiger charge is 2.44. The second-order valence-corrected chi connectivity index (χ2v) is 4.42. The van der Waals surface area contributed by atoms with Crippen molar-refractivity contribution in [2.24, 2.45) is 0 Å². The fourth-order valence-electron chi connectivity index (χ4n) is 1.48. The maximum absolute atomic E-state index is 10.9. The van der Waals surface area contributed by atoms with Gasteiger partial charge in [0.15, 0.2) is 0 Å². The topological polar surface area (TPSA) is 49.4 Å². The second-order valence-electron chi connectivity index (χ2n) is 3.03. The molecule has 2 atom stereocenters. The highest BCUT2D eigenvalue weighted by molar-refractivity contribution is 8.00. The van der Waals surface area contributed by atoms with E-state index in [0.29, 0.717) is 18.3 Å². The molecule has 0 aliphatic carbocycles. The van der Waals surface area contributed by atoms with Crippen molar-refractivity contribution in [1.82, 2.24) is 10.2 Å². The Kier molecular flexibility index (Phi) is 1.75. The van der Waals surface area contributed by atoms with Gasteiger partial charge in [0, 0.05) is 6.92 Å². The van der Waals surface area contributed by atoms with Crippen LogP contribution in [-0.4, -0.2) is 34.0 Å². The van der Waals surface area contributed by atoms with Gasteiger partial charge in [0.1, 0.15) is 0 Å². The molecule has 2 rings (SSSR count). The average Bonchev–Trinajstić information content (AvgIpc) is 2.26. The minimum Gasteiger partial charge on any atom is -0.343 e. The summed E-state index contributed by atoms with van der Waals surface area (Å²) in [6.45, 7) is 2.17. The van der Waals surface area contributed by atoms with Crippen LogP contribution in [0.25, 0.3) is 0 Å². The normalized spacial score (nSPS) is 32.8. The van der Waals surface area contributed by atoms with Crippen molar-refractivity contribution < 1.29 is 9.59 Å². The minimum atomic E-state index is -0.0255. The Hall–Kier alpha value is -0.710. The van der Waals surface area contributed by atoms with Crippen LogP contribution >= 0.6 is 11.8 Å². The van der Waals surface area contributed by atoms with Gasteiger partial charge >= 0.3 is 0 Å². The standard InChI is InChI=1S/C7H10N2O2S/c1-4(10)8-5-3-9-6(11)2-7(9)12-5/h5,7H,2-3H2,1H3,(H,8,10)/t5?,7-/m1/s1. The predicted molar refractivity (Wildman–Crippen MR) is 45.3 cm³/mol. The lowest BCUT2D eigenvalue weighted by Crippen LogP contribution is -2.47. The second kappa shape index (κ2) is 2.65. The van der Waals surface area contributed by atoms with Crippen molar-refractivity contribution in [2.75, 3.05) is 6.54 Å². The van der Waals surface area contributed by atoms with Crippen molar-refractivity contribution in [3.63, 3.8) is 0 Å². The molecule has 0 aromatic rings. The molecule has 0 bridgehead atoms. The van der Waals surface area contributed by atoms with Gasteiger partial charge in [-0.3, -0.25) is 9.59 Å². The lowest BCUT2D eigenvalue weighted by Gasteiger charge is -2.32. The van der Waals surface area contributed by atoms with E-state index in [2.05, 4.69) is 5.32 Å². The van der Waals surface area contributed by atoms with Crippen LogP contribution in [-0.2, 0) is 9.59 Å². The number of thioether (sulfide) groups is 1. The van der Waals surface area contributed by atoms with Crippen molar-refractivity contribution in [2.45, 2.75) is 24.1 Å². The third-order valence-electron chi connectivity index (χ3n) is 2.07. The van der Waals surface area contributed by atoms with Crippen LogP contribution in [0.3, 0.4) is 0 Å². The molecule has 0 aromatic carbocycles. The average molecular weight is 186 g/mol. The van der Waals surface area contributed by atoms with Crippen molar-refractivity contribution >= 4 is 23.6 Å². The van der Waals surface area contributed by atoms with Gasteiger partial charge in [0.2, 0.25) is 11.8 Å². The van der Waals surface area contributed by atoms with Gasteiger partial charge in [-0.15, -0.1) is 11.8 Å². The van der Waals surface area contributed by atoms with Gasteiger partial charge in [0.25, 0.3) is 0 Å². The zero-order chi connectivity index (χ0) is 8.72. The molecule has 1 N–H and O–H groups in total. The molecule has 2 aliphatic heterocycles. The summed E-state index contributed by atoms with van der Waals surface area (Å²) in [5.74, 6) is 0.183. The third kappa shape index (κ3) is 1.18. The molecule has 2 heterocycles.